The monoisotopic (exact) mass is 403 g/mol. The van der Waals surface area contributed by atoms with Gasteiger partial charge in [-0.1, -0.05) is 18.2 Å². The number of guanidine groups is 1. The maximum absolute atomic E-state index is 13.8. The first kappa shape index (κ1) is 21.2. The van der Waals surface area contributed by atoms with Crippen molar-refractivity contribution in [2.75, 3.05) is 45.9 Å². The highest BCUT2D eigenvalue weighted by molar-refractivity contribution is 5.79. The zero-order chi connectivity index (χ0) is 20.5. The van der Waals surface area contributed by atoms with Gasteiger partial charge in [0.05, 0.1) is 13.2 Å². The van der Waals surface area contributed by atoms with Crippen molar-refractivity contribution in [3.63, 3.8) is 0 Å². The summed E-state index contributed by atoms with van der Waals surface area (Å²) in [7, 11) is 1.93. The summed E-state index contributed by atoms with van der Waals surface area (Å²) in [6.45, 7) is 8.07. The lowest BCUT2D eigenvalue weighted by atomic mass is 10.1. The summed E-state index contributed by atoms with van der Waals surface area (Å²) in [6, 6.07) is 6.85. The predicted octanol–water partition coefficient (Wildman–Crippen LogP) is 0.873. The second-order valence-electron chi connectivity index (χ2n) is 7.04. The van der Waals surface area contributed by atoms with Crippen LogP contribution in [0.15, 0.2) is 29.3 Å². The maximum Gasteiger partial charge on any atom is 0.191 e. The van der Waals surface area contributed by atoms with Gasteiger partial charge in [0.15, 0.2) is 11.8 Å². The van der Waals surface area contributed by atoms with Crippen molar-refractivity contribution in [1.82, 2.24) is 30.3 Å². The van der Waals surface area contributed by atoms with Gasteiger partial charge >= 0.3 is 0 Å². The second kappa shape index (κ2) is 10.9. The van der Waals surface area contributed by atoms with E-state index in [2.05, 4.69) is 30.7 Å². The number of benzene rings is 1. The molecule has 1 aromatic carbocycles. The standard InChI is InChI=1S/C20H30FN7O/c1-16-25-26-19(27(16)2)15-24-20(23-9-10-28-11-13-29-14-12-28)22-8-7-17-5-3-4-6-18(17)21/h3-6H,7-15H2,1-2H3,(H2,22,23,24). The molecule has 1 aromatic heterocycles. The Balaban J connectivity index is 1.54. The third kappa shape index (κ3) is 6.50. The molecule has 0 radical (unpaired) electrons. The first-order valence-electron chi connectivity index (χ1n) is 10.0. The Labute approximate surface area is 171 Å². The van der Waals surface area contributed by atoms with E-state index in [1.54, 1.807) is 6.07 Å². The van der Waals surface area contributed by atoms with Crippen LogP contribution in [0.2, 0.25) is 0 Å². The number of ether oxygens (including phenoxy) is 1. The SMILES string of the molecule is Cc1nnc(CN=C(NCCc2ccccc2F)NCCN2CCOCC2)n1C. The van der Waals surface area contributed by atoms with E-state index in [-0.39, 0.29) is 5.82 Å². The summed E-state index contributed by atoms with van der Waals surface area (Å²) in [5.41, 5.74) is 0.691. The molecule has 0 aliphatic carbocycles. The first-order chi connectivity index (χ1) is 14.1. The van der Waals surface area contributed by atoms with Crippen molar-refractivity contribution in [3.05, 3.63) is 47.3 Å². The van der Waals surface area contributed by atoms with Crippen LogP contribution in [-0.4, -0.2) is 71.6 Å². The van der Waals surface area contributed by atoms with Crippen LogP contribution >= 0.6 is 0 Å². The molecule has 0 atom stereocenters. The Bertz CT molecular complexity index is 802. The fraction of sp³-hybridized carbons (Fsp3) is 0.550. The fourth-order valence-corrected chi connectivity index (χ4v) is 3.09. The molecule has 0 unspecified atom stereocenters. The van der Waals surface area contributed by atoms with Crippen molar-refractivity contribution in [2.45, 2.75) is 19.9 Å². The van der Waals surface area contributed by atoms with E-state index in [0.717, 1.165) is 51.0 Å². The Morgan fingerprint density at radius 3 is 2.66 bits per heavy atom. The second-order valence-corrected chi connectivity index (χ2v) is 7.04. The number of nitrogens with zero attached hydrogens (tertiary/aromatic N) is 5. The summed E-state index contributed by atoms with van der Waals surface area (Å²) in [6.07, 6.45) is 0.583. The molecule has 8 nitrogen and oxygen atoms in total. The van der Waals surface area contributed by atoms with Gasteiger partial charge < -0.3 is 19.9 Å². The summed E-state index contributed by atoms with van der Waals surface area (Å²) in [5, 5.41) is 14.9. The fourth-order valence-electron chi connectivity index (χ4n) is 3.09. The lowest BCUT2D eigenvalue weighted by molar-refractivity contribution is 0.0389. The van der Waals surface area contributed by atoms with Crippen molar-refractivity contribution in [2.24, 2.45) is 12.0 Å². The highest BCUT2D eigenvalue weighted by Crippen LogP contribution is 2.06. The number of rotatable bonds is 8. The number of aryl methyl sites for hydroxylation is 1. The Hall–Kier alpha value is -2.52. The van der Waals surface area contributed by atoms with Crippen LogP contribution in [0.5, 0.6) is 0 Å². The zero-order valence-corrected chi connectivity index (χ0v) is 17.2. The van der Waals surface area contributed by atoms with Gasteiger partial charge in [0, 0.05) is 39.8 Å². The van der Waals surface area contributed by atoms with Crippen LogP contribution < -0.4 is 10.6 Å². The summed E-state index contributed by atoms with van der Waals surface area (Å²) in [4.78, 5) is 7.00. The van der Waals surface area contributed by atoms with Crippen LogP contribution in [0.3, 0.4) is 0 Å². The molecule has 2 N–H and O–H groups in total. The van der Waals surface area contributed by atoms with Crippen LogP contribution in [0.4, 0.5) is 4.39 Å². The Kier molecular flexibility index (Phi) is 7.94. The van der Waals surface area contributed by atoms with E-state index in [9.17, 15) is 4.39 Å². The third-order valence-corrected chi connectivity index (χ3v) is 5.03. The van der Waals surface area contributed by atoms with E-state index in [1.165, 1.54) is 6.07 Å². The van der Waals surface area contributed by atoms with Gasteiger partial charge in [-0.05, 0) is 25.0 Å². The highest BCUT2D eigenvalue weighted by Gasteiger charge is 2.10. The van der Waals surface area contributed by atoms with Crippen molar-refractivity contribution >= 4 is 5.96 Å². The molecule has 3 rings (SSSR count). The first-order valence-corrected chi connectivity index (χ1v) is 10.0. The number of hydrogen-bond acceptors (Lipinski definition) is 5. The van der Waals surface area contributed by atoms with Gasteiger partial charge in [-0.3, -0.25) is 4.90 Å². The van der Waals surface area contributed by atoms with Gasteiger partial charge in [0.2, 0.25) is 0 Å². The van der Waals surface area contributed by atoms with Gasteiger partial charge in [-0.25, -0.2) is 9.38 Å². The number of hydrogen-bond donors (Lipinski definition) is 2. The van der Waals surface area contributed by atoms with Crippen LogP contribution in [0, 0.1) is 12.7 Å². The van der Waals surface area contributed by atoms with E-state index < -0.39 is 0 Å². The van der Waals surface area contributed by atoms with Crippen molar-refractivity contribution < 1.29 is 9.13 Å². The Morgan fingerprint density at radius 2 is 1.93 bits per heavy atom. The topological polar surface area (TPSA) is 79.6 Å². The summed E-state index contributed by atoms with van der Waals surface area (Å²) >= 11 is 0. The molecule has 158 valence electrons. The molecular formula is C20H30FN7O. The molecule has 1 aliphatic heterocycles. The smallest absolute Gasteiger partial charge is 0.191 e. The number of aromatic nitrogens is 3. The number of morpholine rings is 1. The molecule has 0 bridgehead atoms. The van der Waals surface area contributed by atoms with Gasteiger partial charge in [0.25, 0.3) is 0 Å². The summed E-state index contributed by atoms with van der Waals surface area (Å²) < 4.78 is 21.1. The van der Waals surface area contributed by atoms with Crippen LogP contribution in [-0.2, 0) is 24.8 Å². The summed E-state index contributed by atoms with van der Waals surface area (Å²) in [5.74, 6) is 2.16. The molecule has 0 amide bonds. The largest absolute Gasteiger partial charge is 0.379 e. The molecule has 2 aromatic rings. The maximum atomic E-state index is 13.8. The molecule has 0 spiro atoms. The van der Waals surface area contributed by atoms with E-state index >= 15 is 0 Å². The minimum atomic E-state index is -0.178. The quantitative estimate of drug-likeness (QED) is 0.503. The molecule has 1 saturated heterocycles. The normalized spacial score (nSPS) is 15.5. The van der Waals surface area contributed by atoms with E-state index in [4.69, 9.17) is 4.74 Å². The minimum Gasteiger partial charge on any atom is -0.379 e. The van der Waals surface area contributed by atoms with Crippen LogP contribution in [0.25, 0.3) is 0 Å². The molecule has 29 heavy (non-hydrogen) atoms. The molecule has 0 saturated carbocycles. The predicted molar refractivity (Wildman–Crippen MR) is 110 cm³/mol. The lowest BCUT2D eigenvalue weighted by Crippen LogP contribution is -2.44. The van der Waals surface area contributed by atoms with E-state index in [1.807, 2.05) is 30.7 Å². The molecule has 9 heteroatoms. The average Bonchev–Trinajstić information content (AvgIpc) is 3.06. The molecule has 2 heterocycles. The molecular weight excluding hydrogens is 373 g/mol. The lowest BCUT2D eigenvalue weighted by Gasteiger charge is -2.26. The molecule has 1 aliphatic rings. The Morgan fingerprint density at radius 1 is 1.17 bits per heavy atom. The molecule has 1 fully saturated rings. The van der Waals surface area contributed by atoms with Gasteiger partial charge in [-0.15, -0.1) is 10.2 Å². The van der Waals surface area contributed by atoms with Crippen molar-refractivity contribution in [1.29, 1.82) is 0 Å². The van der Waals surface area contributed by atoms with Crippen molar-refractivity contribution in [3.8, 4) is 0 Å². The number of nitrogens with one attached hydrogen (secondary N) is 2. The van der Waals surface area contributed by atoms with Gasteiger partial charge in [-0.2, -0.15) is 0 Å². The number of halogens is 1. The van der Waals surface area contributed by atoms with E-state index in [0.29, 0.717) is 31.0 Å². The minimum absolute atomic E-state index is 0.178. The average molecular weight is 404 g/mol. The highest BCUT2D eigenvalue weighted by atomic mass is 19.1. The van der Waals surface area contributed by atoms with Crippen LogP contribution in [0.1, 0.15) is 17.2 Å². The third-order valence-electron chi connectivity index (χ3n) is 5.03. The number of aliphatic imine (C=N–C) groups is 1. The zero-order valence-electron chi connectivity index (χ0n) is 17.2. The van der Waals surface area contributed by atoms with Gasteiger partial charge in [0.1, 0.15) is 18.2 Å².